The van der Waals surface area contributed by atoms with E-state index in [1.165, 1.54) is 56.2 Å². The molecule has 1 fully saturated rings. The Balaban J connectivity index is 1.66. The number of allylic oxidation sites excluding steroid dienone is 2. The van der Waals surface area contributed by atoms with Crippen LogP contribution in [0.25, 0.3) is 0 Å². The normalized spacial score (nSPS) is 25.4. The fourth-order valence-electron chi connectivity index (χ4n) is 4.06. The molecule has 21 heavy (non-hydrogen) atoms. The van der Waals surface area contributed by atoms with Crippen LogP contribution in [0.2, 0.25) is 0 Å². The van der Waals surface area contributed by atoms with E-state index in [0.29, 0.717) is 5.92 Å². The molecule has 0 N–H and O–H groups in total. The minimum atomic E-state index is -0.717. The lowest BCUT2D eigenvalue weighted by Crippen LogP contribution is -2.19. The average Bonchev–Trinajstić information content (AvgIpc) is 2.49. The summed E-state index contributed by atoms with van der Waals surface area (Å²) < 4.78 is 26.7. The first-order valence-electron chi connectivity index (χ1n) is 8.33. The number of rotatable bonds is 3. The Hall–Kier alpha value is -1.18. The predicted molar refractivity (Wildman–Crippen MR) is 82.2 cm³/mol. The minimum Gasteiger partial charge on any atom is -0.204 e. The van der Waals surface area contributed by atoms with Gasteiger partial charge in [-0.1, -0.05) is 31.4 Å². The molecule has 2 aliphatic carbocycles. The zero-order valence-electron chi connectivity index (χ0n) is 12.8. The van der Waals surface area contributed by atoms with E-state index in [-0.39, 0.29) is 0 Å². The summed E-state index contributed by atoms with van der Waals surface area (Å²) in [6.07, 6.45) is 11.7. The summed E-state index contributed by atoms with van der Waals surface area (Å²) in [6, 6.07) is 2.77. The highest BCUT2D eigenvalue weighted by molar-refractivity contribution is 5.38. The molecule has 0 atom stereocenters. The second-order valence-corrected chi connectivity index (χ2v) is 6.70. The van der Waals surface area contributed by atoms with Gasteiger partial charge in [-0.2, -0.15) is 0 Å². The van der Waals surface area contributed by atoms with Crippen molar-refractivity contribution in [2.24, 2.45) is 11.8 Å². The molecule has 2 heteroatoms. The highest BCUT2D eigenvalue weighted by Gasteiger charge is 2.25. The first-order valence-corrected chi connectivity index (χ1v) is 8.33. The summed E-state index contributed by atoms with van der Waals surface area (Å²) in [5.74, 6) is 0.154. The zero-order valence-corrected chi connectivity index (χ0v) is 12.8. The van der Waals surface area contributed by atoms with E-state index >= 15 is 0 Å². The van der Waals surface area contributed by atoms with Gasteiger partial charge in [-0.05, 0) is 73.6 Å². The summed E-state index contributed by atoms with van der Waals surface area (Å²) >= 11 is 0. The summed E-state index contributed by atoms with van der Waals surface area (Å²) in [7, 11) is 0. The average molecular weight is 290 g/mol. The van der Waals surface area contributed by atoms with Gasteiger partial charge < -0.3 is 0 Å². The number of benzene rings is 1. The molecular weight excluding hydrogens is 266 g/mol. The Kier molecular flexibility index (Phi) is 4.42. The second-order valence-electron chi connectivity index (χ2n) is 6.70. The standard InChI is InChI=1S/C19H24F2/c1-2-3-13-4-6-14(7-5-13)15-8-9-16-11-18(20)19(21)12-17(16)10-15/h8,11-14H,2-7,9-10H2,1H3. The highest BCUT2D eigenvalue weighted by atomic mass is 19.2. The Morgan fingerprint density at radius 1 is 1.00 bits per heavy atom. The quantitative estimate of drug-likeness (QED) is 0.636. The third-order valence-corrected chi connectivity index (χ3v) is 5.29. The van der Waals surface area contributed by atoms with Crippen LogP contribution in [0.5, 0.6) is 0 Å². The van der Waals surface area contributed by atoms with Crippen molar-refractivity contribution in [2.45, 2.75) is 58.3 Å². The van der Waals surface area contributed by atoms with E-state index in [4.69, 9.17) is 0 Å². The van der Waals surface area contributed by atoms with Gasteiger partial charge in [-0.3, -0.25) is 0 Å². The lowest BCUT2D eigenvalue weighted by molar-refractivity contribution is 0.283. The third kappa shape index (κ3) is 3.20. The van der Waals surface area contributed by atoms with Crippen molar-refractivity contribution in [3.63, 3.8) is 0 Å². The molecule has 1 saturated carbocycles. The fraction of sp³-hybridized carbons (Fsp3) is 0.579. The van der Waals surface area contributed by atoms with Gasteiger partial charge in [0.2, 0.25) is 0 Å². The van der Waals surface area contributed by atoms with E-state index in [0.717, 1.165) is 29.9 Å². The lowest BCUT2D eigenvalue weighted by atomic mass is 9.74. The smallest absolute Gasteiger partial charge is 0.159 e. The topological polar surface area (TPSA) is 0 Å². The van der Waals surface area contributed by atoms with Crippen LogP contribution in [0.3, 0.4) is 0 Å². The van der Waals surface area contributed by atoms with Crippen LogP contribution in [-0.4, -0.2) is 0 Å². The molecule has 0 saturated heterocycles. The Morgan fingerprint density at radius 2 is 1.67 bits per heavy atom. The first-order chi connectivity index (χ1) is 10.2. The molecular formula is C19H24F2. The van der Waals surface area contributed by atoms with Crippen molar-refractivity contribution < 1.29 is 8.78 Å². The van der Waals surface area contributed by atoms with Crippen LogP contribution >= 0.6 is 0 Å². The van der Waals surface area contributed by atoms with Gasteiger partial charge >= 0.3 is 0 Å². The van der Waals surface area contributed by atoms with Gasteiger partial charge in [-0.15, -0.1) is 0 Å². The van der Waals surface area contributed by atoms with Gasteiger partial charge in [-0.25, -0.2) is 8.78 Å². The first kappa shape index (κ1) is 14.7. The summed E-state index contributed by atoms with van der Waals surface area (Å²) in [5, 5.41) is 0. The van der Waals surface area contributed by atoms with Gasteiger partial charge in [0.05, 0.1) is 0 Å². The molecule has 0 amide bonds. The number of hydrogen-bond donors (Lipinski definition) is 0. The monoisotopic (exact) mass is 290 g/mol. The van der Waals surface area contributed by atoms with E-state index in [1.807, 2.05) is 0 Å². The molecule has 0 nitrogen and oxygen atoms in total. The molecule has 3 rings (SSSR count). The molecule has 0 spiro atoms. The highest BCUT2D eigenvalue weighted by Crippen LogP contribution is 2.38. The van der Waals surface area contributed by atoms with Crippen molar-refractivity contribution >= 4 is 0 Å². The predicted octanol–water partition coefficient (Wildman–Crippen LogP) is 5.60. The van der Waals surface area contributed by atoms with Gasteiger partial charge in [0, 0.05) is 0 Å². The lowest BCUT2D eigenvalue weighted by Gasteiger charge is -2.32. The van der Waals surface area contributed by atoms with Crippen LogP contribution in [0, 0.1) is 23.5 Å². The van der Waals surface area contributed by atoms with Crippen molar-refractivity contribution in [2.75, 3.05) is 0 Å². The van der Waals surface area contributed by atoms with Crippen molar-refractivity contribution in [1.29, 1.82) is 0 Å². The van der Waals surface area contributed by atoms with Crippen LogP contribution in [0.1, 0.15) is 56.6 Å². The SMILES string of the molecule is CCCC1CCC(C2=CCc3cc(F)c(F)cc3C2)CC1. The summed E-state index contributed by atoms with van der Waals surface area (Å²) in [5.41, 5.74) is 3.41. The Morgan fingerprint density at radius 3 is 2.33 bits per heavy atom. The van der Waals surface area contributed by atoms with Gasteiger partial charge in [0.1, 0.15) is 0 Å². The van der Waals surface area contributed by atoms with Crippen molar-refractivity contribution in [3.8, 4) is 0 Å². The number of fused-ring (bicyclic) bond motifs is 1. The molecule has 0 unspecified atom stereocenters. The maximum absolute atomic E-state index is 13.4. The maximum Gasteiger partial charge on any atom is 0.159 e. The number of hydrogen-bond acceptors (Lipinski definition) is 0. The fourth-order valence-corrected chi connectivity index (χ4v) is 4.06. The Labute approximate surface area is 126 Å². The van der Waals surface area contributed by atoms with E-state index in [9.17, 15) is 8.78 Å². The number of halogens is 2. The van der Waals surface area contributed by atoms with Gasteiger partial charge in [0.25, 0.3) is 0 Å². The molecule has 1 aromatic rings. The van der Waals surface area contributed by atoms with E-state index < -0.39 is 11.6 Å². The minimum absolute atomic E-state index is 0.666. The van der Waals surface area contributed by atoms with Gasteiger partial charge in [0.15, 0.2) is 11.6 Å². The molecule has 114 valence electrons. The molecule has 0 heterocycles. The Bertz CT molecular complexity index is 537. The van der Waals surface area contributed by atoms with Crippen molar-refractivity contribution in [1.82, 2.24) is 0 Å². The molecule has 0 radical (unpaired) electrons. The summed E-state index contributed by atoms with van der Waals surface area (Å²) in [6.45, 7) is 2.26. The molecule has 0 aromatic heterocycles. The molecule has 0 bridgehead atoms. The summed E-state index contributed by atoms with van der Waals surface area (Å²) in [4.78, 5) is 0. The molecule has 0 aliphatic heterocycles. The maximum atomic E-state index is 13.4. The van der Waals surface area contributed by atoms with Crippen LogP contribution < -0.4 is 0 Å². The van der Waals surface area contributed by atoms with E-state index in [2.05, 4.69) is 13.0 Å². The van der Waals surface area contributed by atoms with Crippen molar-refractivity contribution in [3.05, 3.63) is 46.5 Å². The van der Waals surface area contributed by atoms with Crippen LogP contribution in [0.4, 0.5) is 8.78 Å². The van der Waals surface area contributed by atoms with Crippen LogP contribution in [0.15, 0.2) is 23.8 Å². The molecule has 2 aliphatic rings. The zero-order chi connectivity index (χ0) is 14.8. The van der Waals surface area contributed by atoms with E-state index in [1.54, 1.807) is 0 Å². The third-order valence-electron chi connectivity index (χ3n) is 5.29. The van der Waals surface area contributed by atoms with Crippen LogP contribution in [-0.2, 0) is 12.8 Å². The second kappa shape index (κ2) is 6.29. The molecule has 1 aromatic carbocycles. The largest absolute Gasteiger partial charge is 0.204 e.